The predicted molar refractivity (Wildman–Crippen MR) is 71.6 cm³/mol. The molecule has 1 aromatic rings. The summed E-state index contributed by atoms with van der Waals surface area (Å²) in [7, 11) is 0. The van der Waals surface area contributed by atoms with Crippen LogP contribution in [0.1, 0.15) is 36.0 Å². The molecule has 0 saturated heterocycles. The van der Waals surface area contributed by atoms with Crippen molar-refractivity contribution in [2.75, 3.05) is 11.4 Å². The number of nitro groups is 1. The van der Waals surface area contributed by atoms with E-state index in [1.54, 1.807) is 6.07 Å². The van der Waals surface area contributed by atoms with Crippen molar-refractivity contribution in [3.05, 3.63) is 33.9 Å². The van der Waals surface area contributed by atoms with Gasteiger partial charge in [0.05, 0.1) is 4.92 Å². The van der Waals surface area contributed by atoms with E-state index in [4.69, 9.17) is 0 Å². The normalized spacial score (nSPS) is 18.1. The van der Waals surface area contributed by atoms with Crippen LogP contribution in [0.5, 0.6) is 0 Å². The molecule has 1 aromatic carbocycles. The van der Waals surface area contributed by atoms with Gasteiger partial charge in [-0.3, -0.25) is 14.9 Å². The maximum absolute atomic E-state index is 11.2. The third kappa shape index (κ3) is 2.59. The van der Waals surface area contributed by atoms with Crippen LogP contribution in [0.2, 0.25) is 0 Å². The van der Waals surface area contributed by atoms with Gasteiger partial charge < -0.3 is 4.90 Å². The summed E-state index contributed by atoms with van der Waals surface area (Å²) >= 11 is 0. The Balaban J connectivity index is 1.92. The second-order valence-electron chi connectivity index (χ2n) is 5.44. The Bertz CT molecular complexity index is 521. The summed E-state index contributed by atoms with van der Waals surface area (Å²) in [5.74, 6) is 0.732. The van der Waals surface area contributed by atoms with Gasteiger partial charge in [-0.2, -0.15) is 0 Å². The van der Waals surface area contributed by atoms with Gasteiger partial charge in [0.2, 0.25) is 0 Å². The fourth-order valence-electron chi connectivity index (χ4n) is 2.42. The molecule has 3 rings (SSSR count). The fraction of sp³-hybridized carbons (Fsp3) is 0.500. The zero-order valence-corrected chi connectivity index (χ0v) is 10.6. The van der Waals surface area contributed by atoms with Crippen LogP contribution in [-0.2, 0) is 0 Å². The minimum Gasteiger partial charge on any atom is -0.368 e. The Labute approximate surface area is 111 Å². The lowest BCUT2D eigenvalue weighted by Crippen LogP contribution is -2.29. The van der Waals surface area contributed by atoms with Gasteiger partial charge in [0.15, 0.2) is 6.29 Å². The van der Waals surface area contributed by atoms with Gasteiger partial charge in [0.1, 0.15) is 0 Å². The second kappa shape index (κ2) is 4.64. The molecule has 0 N–H and O–H groups in total. The van der Waals surface area contributed by atoms with E-state index in [9.17, 15) is 14.9 Å². The van der Waals surface area contributed by atoms with Gasteiger partial charge >= 0.3 is 0 Å². The molecule has 2 aliphatic carbocycles. The Morgan fingerprint density at radius 1 is 1.32 bits per heavy atom. The van der Waals surface area contributed by atoms with Crippen LogP contribution in [0, 0.1) is 16.0 Å². The molecule has 2 saturated carbocycles. The third-order valence-corrected chi connectivity index (χ3v) is 3.80. The molecular weight excluding hydrogens is 244 g/mol. The summed E-state index contributed by atoms with van der Waals surface area (Å²) in [5.41, 5.74) is 1.27. The summed E-state index contributed by atoms with van der Waals surface area (Å²) in [5, 5.41) is 10.8. The Morgan fingerprint density at radius 2 is 2.05 bits per heavy atom. The highest BCUT2D eigenvalue weighted by Gasteiger charge is 2.35. The highest BCUT2D eigenvalue weighted by atomic mass is 16.6. The summed E-state index contributed by atoms with van der Waals surface area (Å²) in [6.07, 6.45) is 5.55. The maximum Gasteiger partial charge on any atom is 0.270 e. The largest absolute Gasteiger partial charge is 0.368 e. The third-order valence-electron chi connectivity index (χ3n) is 3.80. The van der Waals surface area contributed by atoms with E-state index in [1.807, 2.05) is 0 Å². The summed E-state index contributed by atoms with van der Waals surface area (Å²) < 4.78 is 0. The summed E-state index contributed by atoms with van der Waals surface area (Å²) in [4.78, 5) is 23.8. The number of carbonyl (C=O) groups excluding carboxylic acids is 1. The molecule has 5 nitrogen and oxygen atoms in total. The van der Waals surface area contributed by atoms with Crippen molar-refractivity contribution < 1.29 is 9.72 Å². The number of nitrogens with zero attached hydrogens (tertiary/aromatic N) is 2. The van der Waals surface area contributed by atoms with Crippen molar-refractivity contribution in [1.29, 1.82) is 0 Å². The number of benzene rings is 1. The molecule has 0 aliphatic heterocycles. The summed E-state index contributed by atoms with van der Waals surface area (Å²) in [6.45, 7) is 0.976. The lowest BCUT2D eigenvalue weighted by atomic mass is 10.1. The van der Waals surface area contributed by atoms with Gasteiger partial charge in [-0.05, 0) is 37.7 Å². The van der Waals surface area contributed by atoms with E-state index in [0.29, 0.717) is 11.6 Å². The molecule has 0 unspecified atom stereocenters. The van der Waals surface area contributed by atoms with Gasteiger partial charge in [-0.25, -0.2) is 0 Å². The lowest BCUT2D eigenvalue weighted by Gasteiger charge is -2.25. The van der Waals surface area contributed by atoms with Crippen molar-refractivity contribution in [3.8, 4) is 0 Å². The van der Waals surface area contributed by atoms with Crippen molar-refractivity contribution in [1.82, 2.24) is 0 Å². The van der Waals surface area contributed by atoms with Crippen molar-refractivity contribution >= 4 is 17.7 Å². The minimum atomic E-state index is -0.459. The van der Waals surface area contributed by atoms with E-state index >= 15 is 0 Å². The van der Waals surface area contributed by atoms with Crippen LogP contribution in [0.4, 0.5) is 11.4 Å². The Kier molecular flexibility index (Phi) is 2.97. The number of hydrogen-bond acceptors (Lipinski definition) is 4. The molecule has 0 aromatic heterocycles. The van der Waals surface area contributed by atoms with Crippen LogP contribution < -0.4 is 4.90 Å². The lowest BCUT2D eigenvalue weighted by molar-refractivity contribution is -0.384. The average Bonchev–Trinajstić information content (AvgIpc) is 3.27. The zero-order chi connectivity index (χ0) is 13.4. The van der Waals surface area contributed by atoms with Crippen molar-refractivity contribution in [3.63, 3.8) is 0 Å². The number of anilines is 1. The molecule has 2 aliphatic rings. The monoisotopic (exact) mass is 260 g/mol. The first-order chi connectivity index (χ1) is 9.19. The SMILES string of the molecule is O=Cc1cc([N+](=O)[O-])ccc1N(CC1CC1)C1CC1. The molecule has 0 heterocycles. The second-order valence-corrected chi connectivity index (χ2v) is 5.44. The molecular formula is C14H16N2O3. The van der Waals surface area contributed by atoms with E-state index in [-0.39, 0.29) is 5.69 Å². The average molecular weight is 260 g/mol. The van der Waals surface area contributed by atoms with Gasteiger partial charge in [-0.1, -0.05) is 0 Å². The smallest absolute Gasteiger partial charge is 0.270 e. The number of non-ortho nitro benzene ring substituents is 1. The van der Waals surface area contributed by atoms with Crippen molar-refractivity contribution in [2.24, 2.45) is 5.92 Å². The molecule has 100 valence electrons. The summed E-state index contributed by atoms with van der Waals surface area (Å²) in [6, 6.07) is 5.11. The topological polar surface area (TPSA) is 63.4 Å². The van der Waals surface area contributed by atoms with Gasteiger partial charge in [0.25, 0.3) is 5.69 Å². The quantitative estimate of drug-likeness (QED) is 0.448. The first kappa shape index (κ1) is 12.1. The minimum absolute atomic E-state index is 0.0204. The molecule has 2 fully saturated rings. The molecule has 5 heteroatoms. The Hall–Kier alpha value is -1.91. The van der Waals surface area contributed by atoms with Crippen LogP contribution in [0.25, 0.3) is 0 Å². The molecule has 0 atom stereocenters. The molecule has 0 amide bonds. The van der Waals surface area contributed by atoms with Crippen LogP contribution in [0.3, 0.4) is 0 Å². The zero-order valence-electron chi connectivity index (χ0n) is 10.6. The molecule has 0 radical (unpaired) electrons. The number of hydrogen-bond donors (Lipinski definition) is 0. The number of aldehydes is 1. The first-order valence-corrected chi connectivity index (χ1v) is 6.69. The molecule has 0 bridgehead atoms. The first-order valence-electron chi connectivity index (χ1n) is 6.69. The van der Waals surface area contributed by atoms with Crippen LogP contribution >= 0.6 is 0 Å². The van der Waals surface area contributed by atoms with E-state index in [2.05, 4.69) is 4.90 Å². The number of nitro benzene ring substituents is 1. The van der Waals surface area contributed by atoms with E-state index in [1.165, 1.54) is 25.0 Å². The highest BCUT2D eigenvalue weighted by molar-refractivity contribution is 5.86. The molecule has 0 spiro atoms. The van der Waals surface area contributed by atoms with Crippen molar-refractivity contribution in [2.45, 2.75) is 31.7 Å². The fourth-order valence-corrected chi connectivity index (χ4v) is 2.42. The van der Waals surface area contributed by atoms with Crippen LogP contribution in [0.15, 0.2) is 18.2 Å². The van der Waals surface area contributed by atoms with E-state index in [0.717, 1.165) is 37.3 Å². The maximum atomic E-state index is 11.2. The highest BCUT2D eigenvalue weighted by Crippen LogP contribution is 2.39. The molecule has 19 heavy (non-hydrogen) atoms. The number of rotatable bonds is 6. The number of carbonyl (C=O) groups is 1. The van der Waals surface area contributed by atoms with Crippen LogP contribution in [-0.4, -0.2) is 23.8 Å². The Morgan fingerprint density at radius 3 is 2.58 bits per heavy atom. The predicted octanol–water partition coefficient (Wildman–Crippen LogP) is 2.79. The van der Waals surface area contributed by atoms with Gasteiger partial charge in [0, 0.05) is 36.0 Å². The van der Waals surface area contributed by atoms with Gasteiger partial charge in [-0.15, -0.1) is 0 Å². The van der Waals surface area contributed by atoms with E-state index < -0.39 is 4.92 Å². The standard InChI is InChI=1S/C14H16N2O3/c17-9-11-7-13(16(18)19)5-6-14(11)15(12-3-4-12)8-10-1-2-10/h5-7,9-10,12H,1-4,8H2.